The smallest absolute Gasteiger partial charge is 0.316 e. The van der Waals surface area contributed by atoms with Gasteiger partial charge in [0.25, 0.3) is 0 Å². The molecule has 1 aromatic carbocycles. The molecule has 11 heteroatoms. The molecule has 0 spiro atoms. The highest BCUT2D eigenvalue weighted by Gasteiger charge is 2.41. The molecule has 0 saturated heterocycles. The van der Waals surface area contributed by atoms with Gasteiger partial charge in [0.15, 0.2) is 0 Å². The van der Waals surface area contributed by atoms with Crippen LogP contribution < -0.4 is 14.8 Å². The van der Waals surface area contributed by atoms with E-state index in [0.717, 1.165) is 16.6 Å². The Morgan fingerprint density at radius 2 is 2.08 bits per heavy atom. The fraction of sp³-hybridized carbons (Fsp3) is 0.280. The molecule has 1 amide bonds. The molecule has 0 saturated carbocycles. The quantitative estimate of drug-likeness (QED) is 0.313. The lowest BCUT2D eigenvalue weighted by molar-refractivity contribution is -0.145. The molecule has 0 bridgehead atoms. The summed E-state index contributed by atoms with van der Waals surface area (Å²) in [6.07, 6.45) is 1.49. The van der Waals surface area contributed by atoms with Crippen LogP contribution in [-0.2, 0) is 14.3 Å². The molecule has 2 heterocycles. The third-order valence-electron chi connectivity index (χ3n) is 5.26. The molecule has 36 heavy (non-hydrogen) atoms. The van der Waals surface area contributed by atoms with Crippen molar-refractivity contribution in [1.82, 2.24) is 0 Å². The normalized spacial score (nSPS) is 17.0. The number of rotatable bonds is 10. The maximum Gasteiger partial charge on any atom is 0.316 e. The van der Waals surface area contributed by atoms with E-state index in [1.807, 2.05) is 17.5 Å². The molecule has 1 aromatic heterocycles. The largest absolute Gasteiger partial charge is 0.495 e. The van der Waals surface area contributed by atoms with E-state index in [0.29, 0.717) is 38.5 Å². The van der Waals surface area contributed by atoms with Crippen molar-refractivity contribution in [2.24, 2.45) is 10.9 Å². The molecule has 1 aliphatic rings. The number of esters is 1. The van der Waals surface area contributed by atoms with Crippen molar-refractivity contribution >= 4 is 58.0 Å². The van der Waals surface area contributed by atoms with Crippen LogP contribution in [0.4, 0.5) is 5.69 Å². The Kier molecular flexibility index (Phi) is 9.58. The van der Waals surface area contributed by atoms with E-state index < -0.39 is 17.8 Å². The van der Waals surface area contributed by atoms with Crippen molar-refractivity contribution in [3.63, 3.8) is 0 Å². The van der Waals surface area contributed by atoms with Gasteiger partial charge in [-0.3, -0.25) is 9.59 Å². The lowest BCUT2D eigenvalue weighted by Gasteiger charge is -2.29. The second-order valence-corrected chi connectivity index (χ2v) is 9.85. The van der Waals surface area contributed by atoms with Gasteiger partial charge in [-0.15, -0.1) is 11.3 Å². The number of hydrogen-bond acceptors (Lipinski definition) is 9. The number of ether oxygens (including phenoxy) is 3. The van der Waals surface area contributed by atoms with E-state index in [1.54, 1.807) is 19.1 Å². The summed E-state index contributed by atoms with van der Waals surface area (Å²) >= 11 is 8.69. The number of amides is 1. The van der Waals surface area contributed by atoms with E-state index in [1.165, 1.54) is 31.6 Å². The van der Waals surface area contributed by atoms with Gasteiger partial charge in [0, 0.05) is 28.6 Å². The van der Waals surface area contributed by atoms with Crippen LogP contribution in [0.1, 0.15) is 17.7 Å². The summed E-state index contributed by atoms with van der Waals surface area (Å²) in [5.74, 6) is -1.41. The van der Waals surface area contributed by atoms with Gasteiger partial charge in [-0.2, -0.15) is 5.26 Å². The summed E-state index contributed by atoms with van der Waals surface area (Å²) in [4.78, 5) is 31.0. The van der Waals surface area contributed by atoms with Crippen molar-refractivity contribution in [3.05, 3.63) is 62.8 Å². The molecule has 0 fully saturated rings. The van der Waals surface area contributed by atoms with Gasteiger partial charge >= 0.3 is 5.97 Å². The van der Waals surface area contributed by atoms with Crippen molar-refractivity contribution < 1.29 is 23.8 Å². The number of halogens is 1. The summed E-state index contributed by atoms with van der Waals surface area (Å²) < 4.78 is 15.8. The van der Waals surface area contributed by atoms with Gasteiger partial charge in [-0.05, 0) is 18.4 Å². The van der Waals surface area contributed by atoms with E-state index in [4.69, 9.17) is 25.8 Å². The number of allylic oxidation sites excluding steroid dienone is 1. The van der Waals surface area contributed by atoms with Crippen LogP contribution in [0, 0.1) is 17.2 Å². The summed E-state index contributed by atoms with van der Waals surface area (Å²) in [7, 11) is 2.94. The minimum atomic E-state index is -0.748. The minimum Gasteiger partial charge on any atom is -0.495 e. The topological polar surface area (TPSA) is 110 Å². The van der Waals surface area contributed by atoms with Crippen molar-refractivity contribution in [3.8, 4) is 17.6 Å². The second kappa shape index (κ2) is 12.6. The maximum absolute atomic E-state index is 12.9. The zero-order valence-corrected chi connectivity index (χ0v) is 22.3. The third-order valence-corrected chi connectivity index (χ3v) is 7.50. The molecule has 0 radical (unpaired) electrons. The summed E-state index contributed by atoms with van der Waals surface area (Å²) in [5, 5.41) is 15.4. The highest BCUT2D eigenvalue weighted by molar-refractivity contribution is 8.03. The number of nitriles is 1. The van der Waals surface area contributed by atoms with E-state index in [2.05, 4.69) is 23.0 Å². The molecule has 2 aromatic rings. The Balaban J connectivity index is 1.85. The molecular weight excluding hydrogens is 522 g/mol. The Bertz CT molecular complexity index is 1250. The number of benzene rings is 1. The first kappa shape index (κ1) is 27.3. The number of carbonyl (C=O) groups is 2. The fourth-order valence-electron chi connectivity index (χ4n) is 3.65. The van der Waals surface area contributed by atoms with E-state index in [-0.39, 0.29) is 18.3 Å². The van der Waals surface area contributed by atoms with Gasteiger partial charge in [0.05, 0.1) is 42.3 Å². The van der Waals surface area contributed by atoms with Gasteiger partial charge in [0.1, 0.15) is 29.1 Å². The highest BCUT2D eigenvalue weighted by atomic mass is 35.5. The van der Waals surface area contributed by atoms with E-state index >= 15 is 0 Å². The number of thiophene rings is 1. The molecule has 8 nitrogen and oxygen atoms in total. The van der Waals surface area contributed by atoms with Crippen molar-refractivity contribution in [1.29, 1.82) is 5.26 Å². The minimum absolute atomic E-state index is 0.0336. The number of aliphatic imine (C=N–C) groups is 1. The Morgan fingerprint density at radius 3 is 2.69 bits per heavy atom. The van der Waals surface area contributed by atoms with Gasteiger partial charge in [-0.1, -0.05) is 42.1 Å². The molecule has 3 rings (SSSR count). The standard InChI is InChI=1S/C25H24ClN3O5S2/c1-5-8-34-25(31)22-14(2)28-24(15(12-27)23(22)20-7-6-9-35-20)36-13-21(30)29-17-11-18(32-3)16(26)10-19(17)33-4/h5-7,9-11,22-23H,1,8,13H2,2-4H3,(H,29,30)/t22?,23-/m0/s1. The van der Waals surface area contributed by atoms with Crippen LogP contribution in [0.3, 0.4) is 0 Å². The van der Waals surface area contributed by atoms with Crippen molar-refractivity contribution in [2.45, 2.75) is 12.8 Å². The van der Waals surface area contributed by atoms with Crippen LogP contribution in [-0.4, -0.2) is 44.2 Å². The van der Waals surface area contributed by atoms with Gasteiger partial charge < -0.3 is 19.5 Å². The number of anilines is 1. The number of nitrogens with one attached hydrogen (secondary N) is 1. The predicted molar refractivity (Wildman–Crippen MR) is 143 cm³/mol. The van der Waals surface area contributed by atoms with Crippen LogP contribution in [0.2, 0.25) is 5.02 Å². The van der Waals surface area contributed by atoms with Crippen molar-refractivity contribution in [2.75, 3.05) is 31.9 Å². The average molecular weight is 546 g/mol. The maximum atomic E-state index is 12.9. The number of carbonyl (C=O) groups excluding carboxylic acids is 2. The monoisotopic (exact) mass is 545 g/mol. The van der Waals surface area contributed by atoms with E-state index in [9.17, 15) is 14.9 Å². The number of hydrogen-bond donors (Lipinski definition) is 1. The predicted octanol–water partition coefficient (Wildman–Crippen LogP) is 5.43. The van der Waals surface area contributed by atoms with Crippen LogP contribution in [0.5, 0.6) is 11.5 Å². The molecule has 1 aliphatic heterocycles. The zero-order chi connectivity index (χ0) is 26.2. The SMILES string of the molecule is C=CCOC(=O)C1C(C)=NC(SCC(=O)Nc2cc(OC)c(Cl)cc2OC)=C(C#N)[C@H]1c1cccs1. The average Bonchev–Trinajstić information content (AvgIpc) is 3.41. The number of thioether (sulfide) groups is 1. The lowest BCUT2D eigenvalue weighted by atomic mass is 9.81. The number of methoxy groups -OCH3 is 2. The Morgan fingerprint density at radius 1 is 1.33 bits per heavy atom. The first-order chi connectivity index (χ1) is 17.3. The molecule has 188 valence electrons. The second-order valence-electron chi connectivity index (χ2n) is 7.50. The lowest BCUT2D eigenvalue weighted by Crippen LogP contribution is -2.34. The number of nitrogens with zero attached hydrogens (tertiary/aromatic N) is 2. The first-order valence-electron chi connectivity index (χ1n) is 10.7. The van der Waals surface area contributed by atoms with Gasteiger partial charge in [-0.25, -0.2) is 4.99 Å². The van der Waals surface area contributed by atoms with Gasteiger partial charge in [0.2, 0.25) is 5.91 Å². The first-order valence-corrected chi connectivity index (χ1v) is 12.9. The fourth-order valence-corrected chi connectivity index (χ4v) is 5.63. The summed E-state index contributed by atoms with van der Waals surface area (Å²) in [6, 6.07) is 9.06. The summed E-state index contributed by atoms with van der Waals surface area (Å²) in [6.45, 7) is 5.36. The van der Waals surface area contributed by atoms with Crippen LogP contribution in [0.15, 0.2) is 57.9 Å². The zero-order valence-electron chi connectivity index (χ0n) is 19.9. The van der Waals surface area contributed by atoms with Crippen LogP contribution in [0.25, 0.3) is 0 Å². The highest BCUT2D eigenvalue weighted by Crippen LogP contribution is 2.44. The molecule has 0 aliphatic carbocycles. The summed E-state index contributed by atoms with van der Waals surface area (Å²) in [5.41, 5.74) is 1.21. The Hall–Kier alpha value is -3.26. The Labute approximate surface area is 222 Å². The molecular formula is C25H24ClN3O5S2. The van der Waals surface area contributed by atoms with Crippen LogP contribution >= 0.6 is 34.7 Å². The molecule has 1 N–H and O–H groups in total. The molecule has 1 unspecified atom stereocenters. The third kappa shape index (κ3) is 6.10. The molecule has 2 atom stereocenters.